The van der Waals surface area contributed by atoms with Crippen LogP contribution in [0.5, 0.6) is 0 Å². The summed E-state index contributed by atoms with van der Waals surface area (Å²) in [5, 5.41) is 3.36. The molecule has 3 nitrogen and oxygen atoms in total. The van der Waals surface area contributed by atoms with Gasteiger partial charge in [-0.05, 0) is 39.2 Å². The van der Waals surface area contributed by atoms with Crippen LogP contribution in [0.1, 0.15) is 59.3 Å². The summed E-state index contributed by atoms with van der Waals surface area (Å²) in [7, 11) is 0. The van der Waals surface area contributed by atoms with E-state index in [1.165, 1.54) is 12.8 Å². The lowest BCUT2D eigenvalue weighted by Gasteiger charge is -2.34. The zero-order valence-corrected chi connectivity index (χ0v) is 11.7. The van der Waals surface area contributed by atoms with E-state index in [2.05, 4.69) is 31.0 Å². The van der Waals surface area contributed by atoms with Gasteiger partial charge in [-0.2, -0.15) is 0 Å². The molecule has 1 heterocycles. The van der Waals surface area contributed by atoms with Crippen molar-refractivity contribution in [3.05, 3.63) is 0 Å². The molecule has 1 fully saturated rings. The number of hydrogen-bond donors (Lipinski definition) is 1. The van der Waals surface area contributed by atoms with Crippen LogP contribution in [0.2, 0.25) is 0 Å². The van der Waals surface area contributed by atoms with Crippen molar-refractivity contribution in [1.82, 2.24) is 10.2 Å². The summed E-state index contributed by atoms with van der Waals surface area (Å²) < 4.78 is 0. The Morgan fingerprint density at radius 3 is 2.71 bits per heavy atom. The average molecular weight is 240 g/mol. The van der Waals surface area contributed by atoms with Crippen LogP contribution in [-0.4, -0.2) is 36.0 Å². The van der Waals surface area contributed by atoms with Gasteiger partial charge in [0.2, 0.25) is 5.91 Å². The van der Waals surface area contributed by atoms with E-state index in [9.17, 15) is 4.79 Å². The first kappa shape index (κ1) is 14.5. The van der Waals surface area contributed by atoms with Crippen LogP contribution in [0.15, 0.2) is 0 Å². The van der Waals surface area contributed by atoms with Gasteiger partial charge < -0.3 is 10.2 Å². The van der Waals surface area contributed by atoms with Gasteiger partial charge >= 0.3 is 0 Å². The molecule has 0 aromatic heterocycles. The van der Waals surface area contributed by atoms with E-state index < -0.39 is 0 Å². The minimum absolute atomic E-state index is 0.0783. The Bertz CT molecular complexity index is 224. The number of hydrogen-bond acceptors (Lipinski definition) is 2. The Kier molecular flexibility index (Phi) is 6.56. The van der Waals surface area contributed by atoms with Gasteiger partial charge in [0, 0.05) is 12.6 Å². The first-order valence-electron chi connectivity index (χ1n) is 7.24. The molecular formula is C14H28N2O. The molecule has 1 aliphatic heterocycles. The van der Waals surface area contributed by atoms with Crippen molar-refractivity contribution in [2.75, 3.05) is 13.1 Å². The summed E-state index contributed by atoms with van der Waals surface area (Å²) in [6.07, 6.45) is 6.72. The number of amides is 1. The zero-order valence-electron chi connectivity index (χ0n) is 11.7. The SMILES string of the molecule is CCCCN(C(=O)[C@@H]1CCCCN1)C(C)CC. The average Bonchev–Trinajstić information content (AvgIpc) is 2.39. The van der Waals surface area contributed by atoms with Crippen LogP contribution in [0.3, 0.4) is 0 Å². The van der Waals surface area contributed by atoms with E-state index >= 15 is 0 Å². The van der Waals surface area contributed by atoms with E-state index in [1.54, 1.807) is 0 Å². The standard InChI is InChI=1S/C14H28N2O/c1-4-6-11-16(12(3)5-2)14(17)13-9-7-8-10-15-13/h12-13,15H,4-11H2,1-3H3/t12?,13-/m0/s1. The largest absolute Gasteiger partial charge is 0.339 e. The molecule has 1 saturated heterocycles. The molecule has 0 bridgehead atoms. The molecule has 2 atom stereocenters. The first-order valence-corrected chi connectivity index (χ1v) is 7.24. The van der Waals surface area contributed by atoms with Crippen molar-refractivity contribution in [2.24, 2.45) is 0 Å². The van der Waals surface area contributed by atoms with Crippen LogP contribution in [0.25, 0.3) is 0 Å². The van der Waals surface area contributed by atoms with Crippen molar-refractivity contribution in [1.29, 1.82) is 0 Å². The minimum atomic E-state index is 0.0783. The molecule has 100 valence electrons. The molecule has 1 N–H and O–H groups in total. The number of unbranched alkanes of at least 4 members (excludes halogenated alkanes) is 1. The summed E-state index contributed by atoms with van der Waals surface area (Å²) in [5.74, 6) is 0.326. The topological polar surface area (TPSA) is 32.3 Å². The maximum Gasteiger partial charge on any atom is 0.239 e. The fourth-order valence-corrected chi connectivity index (χ4v) is 2.36. The molecule has 0 spiro atoms. The number of carbonyl (C=O) groups is 1. The van der Waals surface area contributed by atoms with Gasteiger partial charge in [-0.25, -0.2) is 0 Å². The monoisotopic (exact) mass is 240 g/mol. The summed E-state index contributed by atoms with van der Waals surface area (Å²) in [5.41, 5.74) is 0. The van der Waals surface area contributed by atoms with Crippen molar-refractivity contribution in [2.45, 2.75) is 71.4 Å². The molecule has 0 saturated carbocycles. The van der Waals surface area contributed by atoms with Crippen molar-refractivity contribution >= 4 is 5.91 Å². The molecule has 1 amide bonds. The second kappa shape index (κ2) is 7.70. The third-order valence-electron chi connectivity index (χ3n) is 3.77. The maximum absolute atomic E-state index is 12.5. The lowest BCUT2D eigenvalue weighted by atomic mass is 10.0. The van der Waals surface area contributed by atoms with Crippen LogP contribution >= 0.6 is 0 Å². The van der Waals surface area contributed by atoms with E-state index in [1.807, 2.05) is 0 Å². The van der Waals surface area contributed by atoms with E-state index in [4.69, 9.17) is 0 Å². The highest BCUT2D eigenvalue weighted by atomic mass is 16.2. The number of nitrogens with one attached hydrogen (secondary N) is 1. The lowest BCUT2D eigenvalue weighted by molar-refractivity contribution is -0.136. The minimum Gasteiger partial charge on any atom is -0.339 e. The molecule has 0 radical (unpaired) electrons. The van der Waals surface area contributed by atoms with Gasteiger partial charge in [0.25, 0.3) is 0 Å². The van der Waals surface area contributed by atoms with Crippen LogP contribution in [-0.2, 0) is 4.79 Å². The van der Waals surface area contributed by atoms with Gasteiger partial charge in [0.15, 0.2) is 0 Å². The van der Waals surface area contributed by atoms with Crippen LogP contribution in [0, 0.1) is 0 Å². The molecular weight excluding hydrogens is 212 g/mol. The third kappa shape index (κ3) is 4.30. The Hall–Kier alpha value is -0.570. The number of nitrogens with zero attached hydrogens (tertiary/aromatic N) is 1. The van der Waals surface area contributed by atoms with Crippen molar-refractivity contribution < 1.29 is 4.79 Å². The fourth-order valence-electron chi connectivity index (χ4n) is 2.36. The van der Waals surface area contributed by atoms with Crippen LogP contribution < -0.4 is 5.32 Å². The van der Waals surface area contributed by atoms with Crippen molar-refractivity contribution in [3.8, 4) is 0 Å². The summed E-state index contributed by atoms with van der Waals surface area (Å²) >= 11 is 0. The normalized spacial score (nSPS) is 22.2. The van der Waals surface area contributed by atoms with Gasteiger partial charge in [0.1, 0.15) is 0 Å². The summed E-state index contributed by atoms with van der Waals surface area (Å²) in [6.45, 7) is 8.42. The molecule has 0 aromatic rings. The maximum atomic E-state index is 12.5. The number of carbonyl (C=O) groups excluding carboxylic acids is 1. The lowest BCUT2D eigenvalue weighted by Crippen LogP contribution is -2.51. The first-order chi connectivity index (χ1) is 8.20. The van der Waals surface area contributed by atoms with Gasteiger partial charge in [-0.3, -0.25) is 4.79 Å². The number of piperidine rings is 1. The predicted octanol–water partition coefficient (Wildman–Crippen LogP) is 2.56. The fraction of sp³-hybridized carbons (Fsp3) is 0.929. The Labute approximate surface area is 106 Å². The van der Waals surface area contributed by atoms with E-state index in [0.29, 0.717) is 11.9 Å². The Balaban J connectivity index is 2.56. The van der Waals surface area contributed by atoms with Crippen molar-refractivity contribution in [3.63, 3.8) is 0 Å². The Morgan fingerprint density at radius 1 is 1.41 bits per heavy atom. The highest BCUT2D eigenvalue weighted by molar-refractivity contribution is 5.82. The van der Waals surface area contributed by atoms with Gasteiger partial charge in [-0.15, -0.1) is 0 Å². The Morgan fingerprint density at radius 2 is 2.18 bits per heavy atom. The predicted molar refractivity (Wildman–Crippen MR) is 72.0 cm³/mol. The van der Waals surface area contributed by atoms with E-state index in [0.717, 1.165) is 38.8 Å². The zero-order chi connectivity index (χ0) is 12.7. The van der Waals surface area contributed by atoms with Gasteiger partial charge in [-0.1, -0.05) is 26.7 Å². The highest BCUT2D eigenvalue weighted by Gasteiger charge is 2.27. The number of rotatable bonds is 6. The summed E-state index contributed by atoms with van der Waals surface area (Å²) in [6, 6.07) is 0.451. The molecule has 0 aliphatic carbocycles. The third-order valence-corrected chi connectivity index (χ3v) is 3.77. The van der Waals surface area contributed by atoms with Gasteiger partial charge in [0.05, 0.1) is 6.04 Å². The smallest absolute Gasteiger partial charge is 0.239 e. The molecule has 3 heteroatoms. The second-order valence-corrected chi connectivity index (χ2v) is 5.14. The summed E-state index contributed by atoms with van der Waals surface area (Å²) in [4.78, 5) is 14.6. The van der Waals surface area contributed by atoms with Crippen LogP contribution in [0.4, 0.5) is 0 Å². The highest BCUT2D eigenvalue weighted by Crippen LogP contribution is 2.14. The molecule has 17 heavy (non-hydrogen) atoms. The van der Waals surface area contributed by atoms with E-state index in [-0.39, 0.29) is 6.04 Å². The molecule has 1 rings (SSSR count). The molecule has 1 unspecified atom stereocenters. The second-order valence-electron chi connectivity index (χ2n) is 5.14. The quantitative estimate of drug-likeness (QED) is 0.774. The molecule has 1 aliphatic rings. The molecule has 0 aromatic carbocycles.